The Morgan fingerprint density at radius 2 is 2.30 bits per heavy atom. The van der Waals surface area contributed by atoms with E-state index < -0.39 is 0 Å². The first-order valence-electron chi connectivity index (χ1n) is 7.34. The summed E-state index contributed by atoms with van der Waals surface area (Å²) < 4.78 is 20.2. The van der Waals surface area contributed by atoms with Crippen molar-refractivity contribution in [3.63, 3.8) is 0 Å². The number of nitrogens with zero attached hydrogens (tertiary/aromatic N) is 1. The second-order valence-electron chi connectivity index (χ2n) is 5.51. The molecule has 23 heavy (non-hydrogen) atoms. The minimum atomic E-state index is -0.298. The number of nitrogens with one attached hydrogen (secondary N) is 1. The molecule has 1 N–H and O–H groups in total. The SMILES string of the molecule is COCc1c(C(=O)N2CCNCC2C)sc2cccc(F)c12.Cl. The highest BCUT2D eigenvalue weighted by Gasteiger charge is 2.28. The van der Waals surface area contributed by atoms with Crippen molar-refractivity contribution < 1.29 is 13.9 Å². The molecule has 1 saturated heterocycles. The lowest BCUT2D eigenvalue weighted by molar-refractivity contribution is 0.0657. The number of fused-ring (bicyclic) bond motifs is 1. The number of benzene rings is 1. The van der Waals surface area contributed by atoms with Gasteiger partial charge in [-0.05, 0) is 19.1 Å². The standard InChI is InChI=1S/C16H19FN2O2S.ClH/c1-10-8-18-6-7-19(10)16(20)15-11(9-21-2)14-12(17)4-3-5-13(14)22-15;/h3-5,10,18H,6-9H2,1-2H3;1H. The monoisotopic (exact) mass is 358 g/mol. The molecule has 0 radical (unpaired) electrons. The van der Waals surface area contributed by atoms with Gasteiger partial charge in [0, 0.05) is 48.4 Å². The zero-order valence-corrected chi connectivity index (χ0v) is 14.7. The number of hydrogen-bond donors (Lipinski definition) is 1. The summed E-state index contributed by atoms with van der Waals surface area (Å²) in [5.41, 5.74) is 0.663. The second kappa shape index (κ2) is 7.57. The van der Waals surface area contributed by atoms with Crippen LogP contribution in [0.2, 0.25) is 0 Å². The Morgan fingerprint density at radius 3 is 3.00 bits per heavy atom. The Balaban J connectivity index is 0.00000192. The van der Waals surface area contributed by atoms with E-state index in [1.807, 2.05) is 17.9 Å². The van der Waals surface area contributed by atoms with Gasteiger partial charge in [0.1, 0.15) is 5.82 Å². The van der Waals surface area contributed by atoms with Crippen molar-refractivity contribution in [2.45, 2.75) is 19.6 Å². The van der Waals surface area contributed by atoms with Crippen molar-refractivity contribution in [3.05, 3.63) is 34.5 Å². The van der Waals surface area contributed by atoms with Gasteiger partial charge in [0.05, 0.1) is 11.5 Å². The van der Waals surface area contributed by atoms with Gasteiger partial charge in [0.25, 0.3) is 5.91 Å². The summed E-state index contributed by atoms with van der Waals surface area (Å²) in [7, 11) is 1.56. The minimum Gasteiger partial charge on any atom is -0.380 e. The van der Waals surface area contributed by atoms with E-state index in [4.69, 9.17) is 4.74 Å². The molecule has 0 spiro atoms. The topological polar surface area (TPSA) is 41.6 Å². The first kappa shape index (κ1) is 18.1. The van der Waals surface area contributed by atoms with Gasteiger partial charge in [0.2, 0.25) is 0 Å². The number of rotatable bonds is 3. The number of ether oxygens (including phenoxy) is 1. The largest absolute Gasteiger partial charge is 0.380 e. The summed E-state index contributed by atoms with van der Waals surface area (Å²) in [5, 5.41) is 3.79. The number of piperazine rings is 1. The average Bonchev–Trinajstić information content (AvgIpc) is 2.88. The fourth-order valence-corrected chi connectivity index (χ4v) is 4.07. The highest BCUT2D eigenvalue weighted by atomic mass is 35.5. The van der Waals surface area contributed by atoms with Gasteiger partial charge < -0.3 is 15.0 Å². The van der Waals surface area contributed by atoms with Gasteiger partial charge >= 0.3 is 0 Å². The molecular weight excluding hydrogens is 339 g/mol. The molecule has 3 rings (SSSR count). The Morgan fingerprint density at radius 1 is 1.52 bits per heavy atom. The first-order valence-corrected chi connectivity index (χ1v) is 8.15. The van der Waals surface area contributed by atoms with E-state index in [-0.39, 0.29) is 36.8 Å². The summed E-state index contributed by atoms with van der Waals surface area (Å²) in [6.07, 6.45) is 0. The van der Waals surface area contributed by atoms with Gasteiger partial charge in [-0.25, -0.2) is 4.39 Å². The lowest BCUT2D eigenvalue weighted by Gasteiger charge is -2.33. The lowest BCUT2D eigenvalue weighted by Crippen LogP contribution is -2.52. The molecule has 0 saturated carbocycles. The van der Waals surface area contributed by atoms with Gasteiger partial charge in [0.15, 0.2) is 0 Å². The van der Waals surface area contributed by atoms with Crippen molar-refractivity contribution in [1.82, 2.24) is 10.2 Å². The van der Waals surface area contributed by atoms with Crippen LogP contribution in [-0.2, 0) is 11.3 Å². The van der Waals surface area contributed by atoms with Crippen LogP contribution < -0.4 is 5.32 Å². The fraction of sp³-hybridized carbons (Fsp3) is 0.438. The molecule has 1 fully saturated rings. The highest BCUT2D eigenvalue weighted by Crippen LogP contribution is 2.34. The number of methoxy groups -OCH3 is 1. The molecule has 2 aromatic rings. The Bertz CT molecular complexity index is 707. The predicted octanol–water partition coefficient (Wildman–Crippen LogP) is 3.04. The first-order chi connectivity index (χ1) is 10.6. The third kappa shape index (κ3) is 3.35. The summed E-state index contributed by atoms with van der Waals surface area (Å²) in [4.78, 5) is 15.4. The molecule has 1 amide bonds. The van der Waals surface area contributed by atoms with E-state index in [1.165, 1.54) is 17.4 Å². The molecule has 2 heterocycles. The molecule has 1 aliphatic rings. The number of carbonyl (C=O) groups is 1. The maximum Gasteiger partial charge on any atom is 0.264 e. The predicted molar refractivity (Wildman–Crippen MR) is 93.1 cm³/mol. The summed E-state index contributed by atoms with van der Waals surface area (Å²) in [6.45, 7) is 4.50. The van der Waals surface area contributed by atoms with Crippen LogP contribution in [-0.4, -0.2) is 43.6 Å². The normalized spacial score (nSPS) is 18.0. The van der Waals surface area contributed by atoms with Crippen molar-refractivity contribution >= 4 is 39.7 Å². The molecule has 1 atom stereocenters. The van der Waals surface area contributed by atoms with Gasteiger partial charge in [-0.15, -0.1) is 23.7 Å². The van der Waals surface area contributed by atoms with E-state index in [0.717, 1.165) is 17.8 Å². The van der Waals surface area contributed by atoms with Crippen LogP contribution in [0, 0.1) is 5.82 Å². The summed E-state index contributed by atoms with van der Waals surface area (Å²) in [5.74, 6) is -0.324. The van der Waals surface area contributed by atoms with Gasteiger partial charge in [-0.2, -0.15) is 0 Å². The van der Waals surface area contributed by atoms with Crippen molar-refractivity contribution in [2.24, 2.45) is 0 Å². The minimum absolute atomic E-state index is 0. The third-order valence-corrected chi connectivity index (χ3v) is 5.19. The van der Waals surface area contributed by atoms with Crippen molar-refractivity contribution in [3.8, 4) is 0 Å². The third-order valence-electron chi connectivity index (χ3n) is 4.01. The molecular formula is C16H20ClFN2O2S. The van der Waals surface area contributed by atoms with Crippen LogP contribution in [0.3, 0.4) is 0 Å². The fourth-order valence-electron chi connectivity index (χ4n) is 2.90. The van der Waals surface area contributed by atoms with Crippen LogP contribution in [0.4, 0.5) is 4.39 Å². The molecule has 126 valence electrons. The van der Waals surface area contributed by atoms with E-state index in [9.17, 15) is 9.18 Å². The molecule has 0 aliphatic carbocycles. The second-order valence-corrected chi connectivity index (χ2v) is 6.56. The smallest absolute Gasteiger partial charge is 0.264 e. The molecule has 1 aromatic carbocycles. The van der Waals surface area contributed by atoms with E-state index in [0.29, 0.717) is 22.4 Å². The van der Waals surface area contributed by atoms with Crippen LogP contribution in [0.25, 0.3) is 10.1 Å². The van der Waals surface area contributed by atoms with E-state index >= 15 is 0 Å². The maximum atomic E-state index is 14.2. The van der Waals surface area contributed by atoms with Crippen LogP contribution in [0.15, 0.2) is 18.2 Å². The molecule has 1 unspecified atom stereocenters. The van der Waals surface area contributed by atoms with Gasteiger partial charge in [-0.3, -0.25) is 4.79 Å². The highest BCUT2D eigenvalue weighted by molar-refractivity contribution is 7.21. The molecule has 0 bridgehead atoms. The zero-order valence-electron chi connectivity index (χ0n) is 13.1. The lowest BCUT2D eigenvalue weighted by atomic mass is 10.1. The maximum absolute atomic E-state index is 14.2. The van der Waals surface area contributed by atoms with Crippen LogP contribution in [0.5, 0.6) is 0 Å². The Labute approximate surface area is 145 Å². The average molecular weight is 359 g/mol. The van der Waals surface area contributed by atoms with Crippen LogP contribution >= 0.6 is 23.7 Å². The summed E-state index contributed by atoms with van der Waals surface area (Å²) >= 11 is 1.35. The number of carbonyl (C=O) groups excluding carboxylic acids is 1. The molecule has 1 aliphatic heterocycles. The molecule has 7 heteroatoms. The van der Waals surface area contributed by atoms with E-state index in [1.54, 1.807) is 13.2 Å². The number of amides is 1. The number of thiophene rings is 1. The quantitative estimate of drug-likeness (QED) is 0.917. The number of hydrogen-bond acceptors (Lipinski definition) is 4. The van der Waals surface area contributed by atoms with Gasteiger partial charge in [-0.1, -0.05) is 6.07 Å². The van der Waals surface area contributed by atoms with Crippen LogP contribution in [0.1, 0.15) is 22.2 Å². The van der Waals surface area contributed by atoms with E-state index in [2.05, 4.69) is 5.32 Å². The van der Waals surface area contributed by atoms with Crippen molar-refractivity contribution in [2.75, 3.05) is 26.7 Å². The van der Waals surface area contributed by atoms with Crippen molar-refractivity contribution in [1.29, 1.82) is 0 Å². The number of halogens is 2. The Kier molecular flexibility index (Phi) is 5.97. The molecule has 1 aromatic heterocycles. The zero-order chi connectivity index (χ0) is 15.7. The molecule has 4 nitrogen and oxygen atoms in total. The Hall–Kier alpha value is -1.21. The summed E-state index contributed by atoms with van der Waals surface area (Å²) in [6, 6.07) is 5.08.